The number of para-hydroxylation sites is 1. The van der Waals surface area contributed by atoms with Gasteiger partial charge in [0.25, 0.3) is 5.56 Å². The van der Waals surface area contributed by atoms with Crippen LogP contribution in [0.15, 0.2) is 46.2 Å². The number of aryl methyl sites for hydroxylation is 1. The van der Waals surface area contributed by atoms with Crippen molar-refractivity contribution >= 4 is 16.8 Å². The van der Waals surface area contributed by atoms with Crippen molar-refractivity contribution in [3.63, 3.8) is 0 Å². The Kier molecular flexibility index (Phi) is 3.75. The first-order chi connectivity index (χ1) is 12.5. The van der Waals surface area contributed by atoms with Gasteiger partial charge >= 0.3 is 5.69 Å². The van der Waals surface area contributed by atoms with Gasteiger partial charge in [-0.2, -0.15) is 5.10 Å². The maximum atomic E-state index is 12.8. The normalized spacial score (nSPS) is 20.2. The monoisotopic (exact) mass is 353 g/mol. The molecular weight excluding hydrogens is 334 g/mol. The summed E-state index contributed by atoms with van der Waals surface area (Å²) in [5.41, 5.74) is 0.621. The summed E-state index contributed by atoms with van der Waals surface area (Å²) >= 11 is 0. The van der Waals surface area contributed by atoms with Crippen molar-refractivity contribution in [3.8, 4) is 0 Å². The molecule has 0 radical (unpaired) electrons. The number of nitrogens with zero attached hydrogens (tertiary/aromatic N) is 4. The first-order valence-corrected chi connectivity index (χ1v) is 8.42. The summed E-state index contributed by atoms with van der Waals surface area (Å²) in [7, 11) is 3.56. The molecule has 1 fully saturated rings. The van der Waals surface area contributed by atoms with E-state index in [1.54, 1.807) is 47.1 Å². The number of hydrogen-bond acceptors (Lipinski definition) is 4. The maximum Gasteiger partial charge on any atom is 0.328 e. The molecule has 3 heterocycles. The van der Waals surface area contributed by atoms with Crippen LogP contribution >= 0.6 is 0 Å². The number of hydrogen-bond donors (Lipinski definition) is 1. The van der Waals surface area contributed by atoms with Crippen LogP contribution in [0.5, 0.6) is 0 Å². The van der Waals surface area contributed by atoms with Crippen LogP contribution < -0.4 is 11.2 Å². The Hall–Kier alpha value is -3.16. The predicted octanol–water partition coefficient (Wildman–Crippen LogP) is 0.643. The molecule has 0 bridgehead atoms. The lowest BCUT2D eigenvalue weighted by Gasteiger charge is -2.24. The average molecular weight is 353 g/mol. The van der Waals surface area contributed by atoms with Gasteiger partial charge < -0.3 is 9.88 Å². The summed E-state index contributed by atoms with van der Waals surface area (Å²) in [5, 5.41) is 4.64. The van der Waals surface area contributed by atoms with Gasteiger partial charge in [0.2, 0.25) is 5.91 Å². The third kappa shape index (κ3) is 2.54. The molecule has 0 saturated carbocycles. The third-order valence-electron chi connectivity index (χ3n) is 5.07. The van der Waals surface area contributed by atoms with Gasteiger partial charge in [0, 0.05) is 44.7 Å². The van der Waals surface area contributed by atoms with Crippen LogP contribution in [-0.2, 0) is 18.4 Å². The van der Waals surface area contributed by atoms with Crippen LogP contribution in [0.1, 0.15) is 18.0 Å². The number of aromatic nitrogens is 4. The summed E-state index contributed by atoms with van der Waals surface area (Å²) < 4.78 is 2.88. The van der Waals surface area contributed by atoms with Crippen molar-refractivity contribution in [1.82, 2.24) is 24.2 Å². The molecule has 1 saturated heterocycles. The lowest BCUT2D eigenvalue weighted by Crippen LogP contribution is -2.38. The van der Waals surface area contributed by atoms with Crippen LogP contribution in [0.2, 0.25) is 0 Å². The largest absolute Gasteiger partial charge is 0.338 e. The van der Waals surface area contributed by atoms with E-state index in [1.807, 2.05) is 13.2 Å². The van der Waals surface area contributed by atoms with Crippen molar-refractivity contribution in [2.75, 3.05) is 7.05 Å². The van der Waals surface area contributed by atoms with Crippen molar-refractivity contribution in [1.29, 1.82) is 0 Å². The van der Waals surface area contributed by atoms with Crippen LogP contribution in [-0.4, -0.2) is 37.2 Å². The molecule has 1 aliphatic rings. The number of nitrogens with one attached hydrogen (secondary N) is 1. The van der Waals surface area contributed by atoms with Crippen molar-refractivity contribution < 1.29 is 4.79 Å². The second-order valence-corrected chi connectivity index (χ2v) is 6.75. The molecule has 26 heavy (non-hydrogen) atoms. The van der Waals surface area contributed by atoms with E-state index >= 15 is 0 Å². The zero-order valence-electron chi connectivity index (χ0n) is 14.5. The predicted molar refractivity (Wildman–Crippen MR) is 95.7 cm³/mol. The molecule has 1 aromatic carbocycles. The molecule has 3 aromatic rings. The number of aromatic amines is 1. The highest BCUT2D eigenvalue weighted by atomic mass is 16.2. The summed E-state index contributed by atoms with van der Waals surface area (Å²) in [6.45, 7) is 0.175. The zero-order chi connectivity index (χ0) is 18.4. The molecule has 0 unspecified atom stereocenters. The van der Waals surface area contributed by atoms with Gasteiger partial charge in [0.1, 0.15) is 0 Å². The fourth-order valence-electron chi connectivity index (χ4n) is 3.80. The molecule has 1 N–H and O–H groups in total. The van der Waals surface area contributed by atoms with E-state index in [9.17, 15) is 14.4 Å². The molecule has 1 aliphatic heterocycles. The summed E-state index contributed by atoms with van der Waals surface area (Å²) in [6, 6.07) is 6.71. The minimum atomic E-state index is -0.458. The Bertz CT molecular complexity index is 1110. The molecule has 4 rings (SSSR count). The quantitative estimate of drug-likeness (QED) is 0.748. The smallest absolute Gasteiger partial charge is 0.328 e. The van der Waals surface area contributed by atoms with E-state index in [0.717, 1.165) is 5.56 Å². The molecule has 2 aromatic heterocycles. The van der Waals surface area contributed by atoms with Crippen LogP contribution in [0, 0.1) is 5.92 Å². The van der Waals surface area contributed by atoms with Gasteiger partial charge in [-0.25, -0.2) is 4.79 Å². The van der Waals surface area contributed by atoms with E-state index in [4.69, 9.17) is 0 Å². The highest BCUT2D eigenvalue weighted by Gasteiger charge is 2.39. The maximum absolute atomic E-state index is 12.8. The van der Waals surface area contributed by atoms with Crippen molar-refractivity contribution in [3.05, 3.63) is 63.1 Å². The fraction of sp³-hybridized carbons (Fsp3) is 0.333. The van der Waals surface area contributed by atoms with Crippen LogP contribution in [0.3, 0.4) is 0 Å². The zero-order valence-corrected chi connectivity index (χ0v) is 14.5. The highest BCUT2D eigenvalue weighted by molar-refractivity contribution is 5.79. The summed E-state index contributed by atoms with van der Waals surface area (Å²) in [4.78, 5) is 41.9. The Morgan fingerprint density at radius 1 is 1.19 bits per heavy atom. The summed E-state index contributed by atoms with van der Waals surface area (Å²) in [6.07, 6.45) is 3.87. The first kappa shape index (κ1) is 16.3. The second kappa shape index (κ2) is 5.98. The Balaban J connectivity index is 1.76. The number of carbonyl (C=O) groups excluding carboxylic acids is 1. The molecule has 8 heteroatoms. The van der Waals surface area contributed by atoms with Crippen molar-refractivity contribution in [2.45, 2.75) is 19.0 Å². The van der Waals surface area contributed by atoms with Gasteiger partial charge in [-0.05, 0) is 12.1 Å². The topological polar surface area (TPSA) is 93.0 Å². The van der Waals surface area contributed by atoms with Gasteiger partial charge in [-0.15, -0.1) is 0 Å². The van der Waals surface area contributed by atoms with Gasteiger partial charge in [0.15, 0.2) is 0 Å². The van der Waals surface area contributed by atoms with Crippen molar-refractivity contribution in [2.24, 2.45) is 13.0 Å². The fourth-order valence-corrected chi connectivity index (χ4v) is 3.80. The number of H-pyrrole nitrogens is 1. The number of likely N-dealkylation sites (tertiary alicyclic amines) is 1. The minimum Gasteiger partial charge on any atom is -0.338 e. The van der Waals surface area contributed by atoms with E-state index in [0.29, 0.717) is 10.9 Å². The lowest BCUT2D eigenvalue weighted by atomic mass is 9.95. The van der Waals surface area contributed by atoms with Crippen LogP contribution in [0.25, 0.3) is 10.9 Å². The summed E-state index contributed by atoms with van der Waals surface area (Å²) in [5.74, 6) is -0.189. The van der Waals surface area contributed by atoms with E-state index < -0.39 is 5.69 Å². The molecular formula is C18H19N5O3. The van der Waals surface area contributed by atoms with Gasteiger partial charge in [0.05, 0.1) is 23.1 Å². The Labute approximate surface area is 148 Å². The molecule has 8 nitrogen and oxygen atoms in total. The number of rotatable bonds is 3. The molecule has 134 valence electrons. The second-order valence-electron chi connectivity index (χ2n) is 6.75. The molecule has 0 spiro atoms. The van der Waals surface area contributed by atoms with E-state index in [-0.39, 0.29) is 36.4 Å². The van der Waals surface area contributed by atoms with E-state index in [1.165, 1.54) is 4.57 Å². The van der Waals surface area contributed by atoms with Gasteiger partial charge in [-0.3, -0.25) is 18.8 Å². The lowest BCUT2D eigenvalue weighted by molar-refractivity contribution is -0.127. The number of benzene rings is 1. The molecule has 0 aliphatic carbocycles. The Morgan fingerprint density at radius 2 is 1.96 bits per heavy atom. The Morgan fingerprint density at radius 3 is 2.69 bits per heavy atom. The standard InChI is InChI=1S/C18H19N5O3/c1-21-9-12(8-19-21)16-11(7-15(24)22(16)2)10-23-17(25)13-5-3-4-6-14(13)20-18(23)26/h3-6,8-9,11,16H,7,10H2,1-2H3,(H,20,26)/t11-,16+/m0/s1. The minimum absolute atomic E-state index is 0.00544. The van der Waals surface area contributed by atoms with Crippen LogP contribution in [0.4, 0.5) is 0 Å². The highest BCUT2D eigenvalue weighted by Crippen LogP contribution is 2.37. The van der Waals surface area contributed by atoms with E-state index in [2.05, 4.69) is 10.1 Å². The molecule has 2 atom stereocenters. The van der Waals surface area contributed by atoms with Gasteiger partial charge in [-0.1, -0.05) is 12.1 Å². The third-order valence-corrected chi connectivity index (χ3v) is 5.07. The number of amides is 1. The molecule has 1 amide bonds. The number of carbonyl (C=O) groups is 1. The average Bonchev–Trinajstić information content (AvgIpc) is 3.15. The SMILES string of the molecule is CN1C(=O)C[C@@H](Cn2c(=O)[nH]c3ccccc3c2=O)[C@@H]1c1cnn(C)c1. The number of fused-ring (bicyclic) bond motifs is 1. The first-order valence-electron chi connectivity index (χ1n) is 8.42.